The molecule has 23 nitrogen and oxygen atoms in total. The van der Waals surface area contributed by atoms with Crippen LogP contribution < -0.4 is 25.7 Å². The zero-order valence-electron chi connectivity index (χ0n) is 40.2. The number of carbonyl (C=O) groups excluding carboxylic acids is 3. The standard InChI is InChI=1S/C14H14O5.C12H14N4O5.C12H15N3O5.C10H12O/c1-8(15)4-9-5-14(16)19-11-7-13(18-3)12(17-2)6-10(9)11;17-10(18)4-2-1-3-7-13-8-5-6-9(16(19)20)12-11(8)14-21-15-12;1-3-9(8(2)16)7-13-11-5-4-10(14(17)18)6-12(11)15(19)20;1-3-9-6-4-5-7-10(9)8(2)11/h5-7H,4H2,1-3H3;5-6,13H,1-4,7H2,(H,17,18);4-6,9,13H,3,7H2,1-2H3;4-7H,3H2,1-2H3. The fourth-order valence-electron chi connectivity index (χ4n) is 6.83. The third-order valence-electron chi connectivity index (χ3n) is 10.5. The first-order chi connectivity index (χ1) is 33.8. The van der Waals surface area contributed by atoms with Gasteiger partial charge in [-0.3, -0.25) is 49.5 Å². The van der Waals surface area contributed by atoms with E-state index in [0.29, 0.717) is 58.6 Å². The number of nitrogens with zero attached hydrogens (tertiary/aromatic N) is 5. The second-order valence-electron chi connectivity index (χ2n) is 15.5. The van der Waals surface area contributed by atoms with Crippen LogP contribution in [0.5, 0.6) is 11.5 Å². The summed E-state index contributed by atoms with van der Waals surface area (Å²) in [5.74, 6) is 0.0685. The first-order valence-corrected chi connectivity index (χ1v) is 22.1. The molecule has 0 saturated carbocycles. The SMILES string of the molecule is CCC(CNc1ccc([N+](=O)[O-])cc1[N+](=O)[O-])C(C)=O.CCc1ccccc1C(C)=O.COc1cc2oc(=O)cc(CC(C)=O)c2cc1OC.O=C(O)CCCCCNc1ccc([N+](=O)[O-])c2nonc12. The number of nitrogens with one attached hydrogen (secondary N) is 2. The molecule has 0 amide bonds. The van der Waals surface area contributed by atoms with Gasteiger partial charge in [0.05, 0.1) is 40.7 Å². The molecule has 1 unspecified atom stereocenters. The summed E-state index contributed by atoms with van der Waals surface area (Å²) in [6.07, 6.45) is 4.08. The van der Waals surface area contributed by atoms with Crippen LogP contribution in [-0.2, 0) is 27.2 Å². The van der Waals surface area contributed by atoms with Crippen molar-refractivity contribution in [3.8, 4) is 11.5 Å². The zero-order chi connectivity index (χ0) is 52.8. The van der Waals surface area contributed by atoms with Crippen molar-refractivity contribution in [1.82, 2.24) is 10.3 Å². The van der Waals surface area contributed by atoms with Gasteiger partial charge in [0, 0.05) is 67.1 Å². The molecule has 1 atom stereocenters. The van der Waals surface area contributed by atoms with Crippen LogP contribution in [0.1, 0.15) is 88.2 Å². The van der Waals surface area contributed by atoms with Crippen LogP contribution in [0.3, 0.4) is 0 Å². The van der Waals surface area contributed by atoms with Crippen LogP contribution in [0.2, 0.25) is 0 Å². The number of ketones is 3. The van der Waals surface area contributed by atoms with Crippen molar-refractivity contribution in [3.63, 3.8) is 0 Å². The molecule has 0 aliphatic heterocycles. The number of rotatable bonds is 21. The molecule has 4 aromatic carbocycles. The van der Waals surface area contributed by atoms with E-state index >= 15 is 0 Å². The maximum atomic E-state index is 11.5. The number of carboxylic acid groups (broad SMARTS) is 1. The number of Topliss-reactive ketones (excluding diaryl/α,β-unsaturated/α-hetero) is 3. The normalized spacial score (nSPS) is 10.7. The molecule has 0 aliphatic carbocycles. The molecule has 2 heterocycles. The summed E-state index contributed by atoms with van der Waals surface area (Å²) in [6.45, 7) is 9.30. The minimum absolute atomic E-state index is 0.00966. The Balaban J connectivity index is 0.000000256. The van der Waals surface area contributed by atoms with E-state index in [1.165, 1.54) is 52.3 Å². The van der Waals surface area contributed by atoms with Gasteiger partial charge in [-0.15, -0.1) is 0 Å². The summed E-state index contributed by atoms with van der Waals surface area (Å²) < 4.78 is 20.0. The van der Waals surface area contributed by atoms with Gasteiger partial charge in [-0.1, -0.05) is 44.5 Å². The van der Waals surface area contributed by atoms with E-state index in [1.807, 2.05) is 31.2 Å². The largest absolute Gasteiger partial charge is 0.493 e. The number of aryl methyl sites for hydroxylation is 1. The molecule has 0 bridgehead atoms. The van der Waals surface area contributed by atoms with E-state index in [2.05, 4.69) is 32.5 Å². The number of aliphatic carboxylic acids is 1. The number of nitro benzene ring substituents is 3. The quantitative estimate of drug-likeness (QED) is 0.0199. The lowest BCUT2D eigenvalue weighted by Gasteiger charge is -2.13. The molecule has 0 spiro atoms. The second-order valence-corrected chi connectivity index (χ2v) is 15.5. The molecular formula is C48H55N7O16. The molecule has 0 aliphatic rings. The molecule has 71 heavy (non-hydrogen) atoms. The average Bonchev–Trinajstić information content (AvgIpc) is 3.83. The Morgan fingerprint density at radius 2 is 1.39 bits per heavy atom. The van der Waals surface area contributed by atoms with E-state index in [1.54, 1.807) is 25.1 Å². The Bertz CT molecular complexity index is 2910. The fourth-order valence-corrected chi connectivity index (χ4v) is 6.83. The zero-order valence-corrected chi connectivity index (χ0v) is 40.2. The van der Waals surface area contributed by atoms with Crippen molar-refractivity contribution in [2.45, 2.75) is 79.6 Å². The Morgan fingerprint density at radius 3 is 1.96 bits per heavy atom. The molecule has 23 heteroatoms. The molecular weight excluding hydrogens is 931 g/mol. The van der Waals surface area contributed by atoms with Crippen LogP contribution >= 0.6 is 0 Å². The Hall–Kier alpha value is -8.63. The second kappa shape index (κ2) is 28.0. The van der Waals surface area contributed by atoms with Crippen molar-refractivity contribution >= 4 is 73.8 Å². The third-order valence-corrected chi connectivity index (χ3v) is 10.5. The Morgan fingerprint density at radius 1 is 0.746 bits per heavy atom. The van der Waals surface area contributed by atoms with Crippen LogP contribution in [0, 0.1) is 36.3 Å². The first-order valence-electron chi connectivity index (χ1n) is 22.1. The number of fused-ring (bicyclic) bond motifs is 2. The van der Waals surface area contributed by atoms with Crippen molar-refractivity contribution in [2.24, 2.45) is 5.92 Å². The third kappa shape index (κ3) is 17.1. The maximum Gasteiger partial charge on any atom is 0.336 e. The lowest BCUT2D eigenvalue weighted by molar-refractivity contribution is -0.393. The lowest BCUT2D eigenvalue weighted by Crippen LogP contribution is -2.20. The minimum Gasteiger partial charge on any atom is -0.493 e. The molecule has 0 fully saturated rings. The van der Waals surface area contributed by atoms with Crippen LogP contribution in [-0.4, -0.2) is 80.8 Å². The number of unbranched alkanes of at least 4 members (excludes halogenated alkanes) is 2. The summed E-state index contributed by atoms with van der Waals surface area (Å²) in [6, 6.07) is 18.6. The summed E-state index contributed by atoms with van der Waals surface area (Å²) in [4.78, 5) is 85.9. The summed E-state index contributed by atoms with van der Waals surface area (Å²) >= 11 is 0. The molecule has 0 saturated heterocycles. The van der Waals surface area contributed by atoms with E-state index in [-0.39, 0.29) is 70.9 Å². The Labute approximate surface area is 405 Å². The van der Waals surface area contributed by atoms with E-state index in [9.17, 15) is 54.3 Å². The molecule has 378 valence electrons. The predicted molar refractivity (Wildman–Crippen MR) is 262 cm³/mol. The van der Waals surface area contributed by atoms with E-state index in [0.717, 1.165) is 36.5 Å². The van der Waals surface area contributed by atoms with Crippen LogP contribution in [0.4, 0.5) is 28.4 Å². The molecule has 0 radical (unpaired) electrons. The van der Waals surface area contributed by atoms with Crippen molar-refractivity contribution in [1.29, 1.82) is 0 Å². The van der Waals surface area contributed by atoms with Gasteiger partial charge in [0.2, 0.25) is 5.52 Å². The fraction of sp³-hybridized carbons (Fsp3) is 0.354. The maximum absolute atomic E-state index is 11.5. The van der Waals surface area contributed by atoms with Gasteiger partial charge in [-0.2, -0.15) is 0 Å². The van der Waals surface area contributed by atoms with Crippen LogP contribution in [0.15, 0.2) is 86.6 Å². The number of aromatic nitrogens is 2. The lowest BCUT2D eigenvalue weighted by atomic mass is 10.0. The van der Waals surface area contributed by atoms with Gasteiger partial charge in [0.25, 0.3) is 11.4 Å². The van der Waals surface area contributed by atoms with Crippen molar-refractivity contribution < 1.29 is 57.6 Å². The smallest absolute Gasteiger partial charge is 0.336 e. The number of hydrogen-bond acceptors (Lipinski definition) is 19. The number of non-ortho nitro benzene ring substituents is 2. The molecule has 6 rings (SSSR count). The van der Waals surface area contributed by atoms with E-state index < -0.39 is 26.4 Å². The van der Waals surface area contributed by atoms with Gasteiger partial charge >= 0.3 is 17.3 Å². The van der Waals surface area contributed by atoms with Gasteiger partial charge in [-0.05, 0) is 86.1 Å². The molecule has 6 aromatic rings. The highest BCUT2D eigenvalue weighted by molar-refractivity contribution is 5.95. The number of carboxylic acids is 1. The summed E-state index contributed by atoms with van der Waals surface area (Å²) in [5, 5.41) is 54.7. The number of benzene rings is 4. The average molecular weight is 986 g/mol. The number of hydrogen-bond donors (Lipinski definition) is 3. The number of nitro groups is 3. The number of ether oxygens (including phenoxy) is 2. The number of carbonyl (C=O) groups is 4. The molecule has 2 aromatic heterocycles. The van der Waals surface area contributed by atoms with Gasteiger partial charge in [-0.25, -0.2) is 9.42 Å². The van der Waals surface area contributed by atoms with Crippen molar-refractivity contribution in [2.75, 3.05) is 37.9 Å². The minimum atomic E-state index is -0.797. The highest BCUT2D eigenvalue weighted by Crippen LogP contribution is 2.34. The topological polar surface area (TPSA) is 330 Å². The van der Waals surface area contributed by atoms with E-state index in [4.69, 9.17) is 19.0 Å². The monoisotopic (exact) mass is 985 g/mol. The van der Waals surface area contributed by atoms with Gasteiger partial charge < -0.3 is 29.6 Å². The first kappa shape index (κ1) is 56.7. The highest BCUT2D eigenvalue weighted by Gasteiger charge is 2.22. The summed E-state index contributed by atoms with van der Waals surface area (Å²) in [5.41, 5.74) is 2.82. The highest BCUT2D eigenvalue weighted by atomic mass is 16.6. The van der Waals surface area contributed by atoms with Gasteiger partial charge in [0.1, 0.15) is 22.8 Å². The summed E-state index contributed by atoms with van der Waals surface area (Å²) in [7, 11) is 3.02. The van der Waals surface area contributed by atoms with Crippen LogP contribution in [0.25, 0.3) is 22.0 Å². The molecule has 3 N–H and O–H groups in total. The number of methoxy groups -OCH3 is 2. The van der Waals surface area contributed by atoms with Crippen molar-refractivity contribution in [3.05, 3.63) is 130 Å². The van der Waals surface area contributed by atoms with Gasteiger partial charge in [0.15, 0.2) is 22.8 Å². The Kier molecular flexibility index (Phi) is 22.4. The number of anilines is 2. The predicted octanol–water partition coefficient (Wildman–Crippen LogP) is 9.11.